The fourth-order valence-corrected chi connectivity index (χ4v) is 10.2. The number of rotatable bonds is 12. The third-order valence-corrected chi connectivity index (χ3v) is 13.0. The van der Waals surface area contributed by atoms with Crippen LogP contribution in [0.15, 0.2) is 54.6 Å². The molecule has 4 aromatic rings. The molecule has 1 aliphatic heterocycles. The lowest BCUT2D eigenvalue weighted by Crippen LogP contribution is -2.44. The zero-order valence-electron chi connectivity index (χ0n) is 30.9. The van der Waals surface area contributed by atoms with Crippen LogP contribution in [0.4, 0.5) is 9.52 Å². The molecule has 1 amide bonds. The van der Waals surface area contributed by atoms with Gasteiger partial charge in [0.15, 0.2) is 22.4 Å². The number of aromatic carboxylic acids is 1. The fraction of sp³-hybridized carbons (Fsp3) is 0.476. The van der Waals surface area contributed by atoms with Crippen molar-refractivity contribution in [2.24, 2.45) is 17.8 Å². The Morgan fingerprint density at radius 3 is 2.69 bits per heavy atom. The van der Waals surface area contributed by atoms with E-state index >= 15 is 0 Å². The summed E-state index contributed by atoms with van der Waals surface area (Å²) in [6.45, 7) is 7.25. The first kappa shape index (κ1) is 38.1. The van der Waals surface area contributed by atoms with Gasteiger partial charge in [0.05, 0.1) is 23.4 Å². The van der Waals surface area contributed by atoms with Crippen molar-refractivity contribution in [1.29, 1.82) is 0 Å². The number of para-hydroxylation sites is 1. The Labute approximate surface area is 324 Å². The number of nitrogens with one attached hydrogen (secondary N) is 2. The van der Waals surface area contributed by atoms with Gasteiger partial charge >= 0.3 is 5.97 Å². The molecule has 2 aromatic carbocycles. The molecule has 284 valence electrons. The van der Waals surface area contributed by atoms with Crippen molar-refractivity contribution < 1.29 is 23.8 Å². The Hall–Kier alpha value is -4.15. The summed E-state index contributed by atoms with van der Waals surface area (Å²) in [5.74, 6) is 5.13. The number of nitrogens with zero attached hydrogens (tertiary/aromatic N) is 3. The van der Waals surface area contributed by atoms with Gasteiger partial charge in [0.25, 0.3) is 0 Å². The lowest BCUT2D eigenvalue weighted by Gasteiger charge is -2.39. The third kappa shape index (κ3) is 9.37. The summed E-state index contributed by atoms with van der Waals surface area (Å²) in [6, 6.07) is 13.7. The van der Waals surface area contributed by atoms with Gasteiger partial charge in [0.2, 0.25) is 5.91 Å². The number of halogens is 1. The maximum Gasteiger partial charge on any atom is 0.355 e. The summed E-state index contributed by atoms with van der Waals surface area (Å²) in [4.78, 5) is 38.1. The summed E-state index contributed by atoms with van der Waals surface area (Å²) >= 11 is 2.90. The van der Waals surface area contributed by atoms with Gasteiger partial charge in [-0.15, -0.1) is 11.3 Å². The molecule has 1 saturated carbocycles. The van der Waals surface area contributed by atoms with Gasteiger partial charge in [-0.1, -0.05) is 67.7 Å². The normalized spacial score (nSPS) is 21.8. The topological polar surface area (TPSA) is 117 Å². The summed E-state index contributed by atoms with van der Waals surface area (Å²) < 4.78 is 21.7. The number of carboxylic acids is 1. The van der Waals surface area contributed by atoms with E-state index in [1.54, 1.807) is 12.1 Å². The molecule has 54 heavy (non-hydrogen) atoms. The predicted molar refractivity (Wildman–Crippen MR) is 213 cm³/mol. The number of amides is 1. The van der Waals surface area contributed by atoms with Crippen LogP contribution in [0.3, 0.4) is 0 Å². The lowest BCUT2D eigenvalue weighted by atomic mass is 9.65. The summed E-state index contributed by atoms with van der Waals surface area (Å²) in [5, 5.41) is 18.1. The fourth-order valence-electron chi connectivity index (χ4n) is 8.12. The lowest BCUT2D eigenvalue weighted by molar-refractivity contribution is -0.123. The molecule has 7 rings (SSSR count). The Morgan fingerprint density at radius 2 is 1.91 bits per heavy atom. The van der Waals surface area contributed by atoms with Crippen LogP contribution in [0.25, 0.3) is 10.2 Å². The molecule has 0 bridgehead atoms. The van der Waals surface area contributed by atoms with Gasteiger partial charge in [-0.2, -0.15) is 0 Å². The maximum absolute atomic E-state index is 14.9. The number of aryl methyl sites for hydroxylation is 1. The van der Waals surface area contributed by atoms with E-state index in [9.17, 15) is 19.1 Å². The average Bonchev–Trinajstić information content (AvgIpc) is 3.78. The van der Waals surface area contributed by atoms with Crippen LogP contribution < -0.4 is 15.4 Å². The van der Waals surface area contributed by atoms with E-state index < -0.39 is 11.8 Å². The molecule has 12 heteroatoms. The first-order chi connectivity index (χ1) is 26.2. The summed E-state index contributed by atoms with van der Waals surface area (Å²) in [7, 11) is 0. The highest BCUT2D eigenvalue weighted by atomic mass is 32.1. The number of carbonyl (C=O) groups is 2. The monoisotopic (exact) mass is 769 g/mol. The molecule has 9 nitrogen and oxygen atoms in total. The molecule has 0 spiro atoms. The van der Waals surface area contributed by atoms with Crippen molar-refractivity contribution in [2.45, 2.75) is 83.2 Å². The van der Waals surface area contributed by atoms with E-state index in [0.717, 1.165) is 66.8 Å². The zero-order chi connectivity index (χ0) is 37.6. The highest BCUT2D eigenvalue weighted by Crippen LogP contribution is 2.46. The van der Waals surface area contributed by atoms with Crippen molar-refractivity contribution in [1.82, 2.24) is 20.2 Å². The molecule has 4 atom stereocenters. The van der Waals surface area contributed by atoms with Crippen LogP contribution >= 0.6 is 22.7 Å². The van der Waals surface area contributed by atoms with Gasteiger partial charge in [-0.05, 0) is 87.1 Å². The number of piperidine rings is 1. The van der Waals surface area contributed by atoms with Crippen LogP contribution in [0.1, 0.15) is 90.6 Å². The maximum atomic E-state index is 14.9. The quantitative estimate of drug-likeness (QED) is 0.0752. The van der Waals surface area contributed by atoms with E-state index in [0.29, 0.717) is 53.0 Å². The third-order valence-electron chi connectivity index (χ3n) is 10.8. The van der Waals surface area contributed by atoms with Crippen LogP contribution in [0, 0.1) is 35.4 Å². The molecule has 0 radical (unpaired) electrons. The Balaban J connectivity index is 0.914. The van der Waals surface area contributed by atoms with Crippen molar-refractivity contribution in [2.75, 3.05) is 31.6 Å². The highest BCUT2D eigenvalue weighted by molar-refractivity contribution is 7.22. The SMILES string of the molecule is CC(C)NC1CCN(CC#Cc2ccc(OCCCc3sc(C4C=CC5CCCC(C(=O)Nc6nc7ccccc7s6)C5C4)nc3C(=O)O)c(F)c2)CC1. The molecule has 3 aliphatic rings. The number of carbonyl (C=O) groups excluding carboxylic acids is 1. The number of anilines is 1. The number of hydrogen-bond acceptors (Lipinski definition) is 9. The summed E-state index contributed by atoms with van der Waals surface area (Å²) in [5.41, 5.74) is 1.54. The molecule has 1 saturated heterocycles. The Bertz CT molecular complexity index is 2010. The number of likely N-dealkylation sites (tertiary alicyclic amines) is 1. The van der Waals surface area contributed by atoms with E-state index in [1.807, 2.05) is 24.3 Å². The standard InChI is InChI=1S/C42H48FN5O4S2/c1-26(2)44-30-18-21-48(22-19-30)20-6-8-27-14-17-35(33(43)24-27)52-23-7-13-37-38(41(50)51)46-40(53-37)29-16-15-28-9-5-10-31(32(28)25-29)39(49)47-42-45-34-11-3-4-12-36(34)54-42/h3-4,11-12,14-17,24,26,28-32,44H,5,7,9-10,13,18-23,25H2,1-2H3,(H,50,51)(H,45,47,49). The number of thiazole rings is 2. The second-order valence-electron chi connectivity index (χ2n) is 15.0. The second kappa shape index (κ2) is 17.5. The minimum Gasteiger partial charge on any atom is -0.491 e. The van der Waals surface area contributed by atoms with Crippen LogP contribution in [-0.4, -0.2) is 70.2 Å². The van der Waals surface area contributed by atoms with Crippen LogP contribution in [0.5, 0.6) is 5.75 Å². The average molecular weight is 770 g/mol. The molecule has 2 aliphatic carbocycles. The van der Waals surface area contributed by atoms with E-state index in [-0.39, 0.29) is 41.7 Å². The van der Waals surface area contributed by atoms with Gasteiger partial charge in [0.1, 0.15) is 5.01 Å². The van der Waals surface area contributed by atoms with Gasteiger partial charge < -0.3 is 20.5 Å². The van der Waals surface area contributed by atoms with Crippen molar-refractivity contribution in [3.63, 3.8) is 0 Å². The van der Waals surface area contributed by atoms with Gasteiger partial charge in [0, 0.05) is 47.4 Å². The predicted octanol–water partition coefficient (Wildman–Crippen LogP) is 8.13. The number of allylic oxidation sites excluding steroid dienone is 2. The molecular weight excluding hydrogens is 722 g/mol. The van der Waals surface area contributed by atoms with E-state index in [4.69, 9.17) is 4.74 Å². The minimum absolute atomic E-state index is 0.00372. The number of ether oxygens (including phenoxy) is 1. The van der Waals surface area contributed by atoms with Gasteiger partial charge in [-0.3, -0.25) is 9.69 Å². The van der Waals surface area contributed by atoms with Crippen molar-refractivity contribution in [3.05, 3.63) is 81.6 Å². The van der Waals surface area contributed by atoms with Crippen molar-refractivity contribution in [3.8, 4) is 17.6 Å². The smallest absolute Gasteiger partial charge is 0.355 e. The molecule has 4 unspecified atom stereocenters. The molecule has 3 heterocycles. The first-order valence-corrected chi connectivity index (χ1v) is 20.8. The molecule has 3 N–H and O–H groups in total. The minimum atomic E-state index is -1.06. The number of fused-ring (bicyclic) bond motifs is 2. The number of hydrogen-bond donors (Lipinski definition) is 3. The van der Waals surface area contributed by atoms with Crippen LogP contribution in [-0.2, 0) is 11.2 Å². The molecule has 2 aromatic heterocycles. The zero-order valence-corrected chi connectivity index (χ0v) is 32.5. The van der Waals surface area contributed by atoms with Gasteiger partial charge in [-0.25, -0.2) is 19.2 Å². The Morgan fingerprint density at radius 1 is 1.07 bits per heavy atom. The molecule has 2 fully saturated rings. The first-order valence-electron chi connectivity index (χ1n) is 19.2. The number of carboxylic acid groups (broad SMARTS) is 1. The summed E-state index contributed by atoms with van der Waals surface area (Å²) in [6.07, 6.45) is 11.1. The molecular formula is C42H48FN5O4S2. The number of benzene rings is 2. The van der Waals surface area contributed by atoms with Crippen LogP contribution in [0.2, 0.25) is 0 Å². The Kier molecular flexibility index (Phi) is 12.4. The number of aromatic nitrogens is 2. The van der Waals surface area contributed by atoms with E-state index in [1.165, 1.54) is 28.7 Å². The highest BCUT2D eigenvalue weighted by Gasteiger charge is 2.40. The second-order valence-corrected chi connectivity index (χ2v) is 17.1. The largest absolute Gasteiger partial charge is 0.491 e. The van der Waals surface area contributed by atoms with Crippen molar-refractivity contribution >= 4 is 49.9 Å². The van der Waals surface area contributed by atoms with E-state index in [2.05, 4.69) is 63.3 Å².